The van der Waals surface area contributed by atoms with E-state index in [-0.39, 0.29) is 13.2 Å². The zero-order valence-electron chi connectivity index (χ0n) is 15.8. The van der Waals surface area contributed by atoms with Gasteiger partial charge in [-0.15, -0.1) is 0 Å². The lowest BCUT2D eigenvalue weighted by molar-refractivity contribution is -0.138. The minimum absolute atomic E-state index is 0. The molecule has 154 valence electrons. The topological polar surface area (TPSA) is 78.9 Å². The minimum atomic E-state index is -0.573. The smallest absolute Gasteiger partial charge is 0.330 e. The summed E-state index contributed by atoms with van der Waals surface area (Å²) in [4.78, 5) is 33.8. The van der Waals surface area contributed by atoms with Crippen molar-refractivity contribution < 1.29 is 28.6 Å². The first kappa shape index (κ1) is 25.1. The number of esters is 2. The van der Waals surface area contributed by atoms with Crippen molar-refractivity contribution in [3.05, 3.63) is 54.6 Å². The van der Waals surface area contributed by atoms with Crippen LogP contribution in [0.5, 0.6) is 5.75 Å². The fraction of sp³-hybridized carbons (Fsp3) is 0.409. The van der Waals surface area contributed by atoms with Gasteiger partial charge in [0.1, 0.15) is 5.75 Å². The van der Waals surface area contributed by atoms with E-state index in [1.165, 1.54) is 13.2 Å². The van der Waals surface area contributed by atoms with Crippen LogP contribution in [-0.2, 0) is 19.1 Å². The number of ether oxygens (including phenoxy) is 3. The average Bonchev–Trinajstić information content (AvgIpc) is 2.69. The Morgan fingerprint density at radius 2 is 1.71 bits per heavy atom. The monoisotopic (exact) mass is 390 g/mol. The number of carbonyl (C=O) groups is 3. The van der Waals surface area contributed by atoms with Gasteiger partial charge in [0.15, 0.2) is 5.78 Å². The van der Waals surface area contributed by atoms with E-state index in [0.29, 0.717) is 30.4 Å². The van der Waals surface area contributed by atoms with E-state index in [1.807, 2.05) is 0 Å². The molecule has 6 nitrogen and oxygen atoms in total. The van der Waals surface area contributed by atoms with Gasteiger partial charge in [-0.1, -0.05) is 20.9 Å². The van der Waals surface area contributed by atoms with Crippen molar-refractivity contribution in [2.24, 2.45) is 5.92 Å². The van der Waals surface area contributed by atoms with Crippen LogP contribution >= 0.6 is 0 Å². The van der Waals surface area contributed by atoms with Crippen LogP contribution in [0.1, 0.15) is 44.0 Å². The van der Waals surface area contributed by atoms with Crippen molar-refractivity contribution >= 4 is 17.7 Å². The van der Waals surface area contributed by atoms with E-state index < -0.39 is 11.9 Å². The van der Waals surface area contributed by atoms with E-state index >= 15 is 0 Å². The van der Waals surface area contributed by atoms with Crippen LogP contribution < -0.4 is 4.74 Å². The molecule has 0 fully saturated rings. The molecule has 0 aliphatic carbocycles. The van der Waals surface area contributed by atoms with E-state index in [4.69, 9.17) is 9.47 Å². The second-order valence-electron chi connectivity index (χ2n) is 6.00. The molecule has 28 heavy (non-hydrogen) atoms. The number of ketones is 1. The average molecular weight is 390 g/mol. The Bertz CT molecular complexity index is 660. The first-order chi connectivity index (χ1) is 13.0. The number of benzene rings is 1. The molecule has 1 aromatic rings. The maximum absolute atomic E-state index is 11.9. The van der Waals surface area contributed by atoms with Crippen molar-refractivity contribution in [1.82, 2.24) is 0 Å². The summed E-state index contributed by atoms with van der Waals surface area (Å²) in [5.41, 5.74) is 0.463. The van der Waals surface area contributed by atoms with E-state index in [1.54, 1.807) is 24.3 Å². The molecule has 1 atom stereocenters. The van der Waals surface area contributed by atoms with Crippen LogP contribution in [0.15, 0.2) is 49.1 Å². The zero-order chi connectivity index (χ0) is 20.1. The number of allylic oxidation sites excluding steroid dienone is 1. The van der Waals surface area contributed by atoms with Crippen molar-refractivity contribution in [1.29, 1.82) is 0 Å². The Morgan fingerprint density at radius 1 is 1.04 bits per heavy atom. The summed E-state index contributed by atoms with van der Waals surface area (Å²) in [5.74, 6) is -0.130. The Kier molecular flexibility index (Phi) is 12.7. The summed E-state index contributed by atoms with van der Waals surface area (Å²) in [6, 6.07) is 6.74. The Balaban J connectivity index is 0.00000729. The Morgan fingerprint density at radius 3 is 2.32 bits per heavy atom. The third-order valence-electron chi connectivity index (χ3n) is 3.84. The molecule has 6 heteroatoms. The molecule has 0 saturated carbocycles. The van der Waals surface area contributed by atoms with Crippen LogP contribution in [0.25, 0.3) is 0 Å². The maximum Gasteiger partial charge on any atom is 0.330 e. The van der Waals surface area contributed by atoms with Gasteiger partial charge >= 0.3 is 11.9 Å². The zero-order valence-corrected chi connectivity index (χ0v) is 15.8. The molecular formula is C22H30O6. The summed E-state index contributed by atoms with van der Waals surface area (Å²) in [5, 5.41) is 0. The fourth-order valence-electron chi connectivity index (χ4n) is 2.21. The first-order valence-electron chi connectivity index (χ1n) is 8.78. The predicted molar refractivity (Wildman–Crippen MR) is 108 cm³/mol. The molecule has 0 saturated heterocycles. The standard InChI is InChI=1S/C21H26O6.CH4/c1-4-20(23)27-14-5-6-16(2)13-15-26-18-9-7-17(8-10-18)19(22)11-12-21(24)25-3;/h4,7-12,16H,1,5-6,13-15H2,2-3H3;1H4. The molecule has 0 bridgehead atoms. The lowest BCUT2D eigenvalue weighted by atomic mass is 10.0. The summed E-state index contributed by atoms with van der Waals surface area (Å²) in [6.45, 7) is 6.42. The normalized spacial score (nSPS) is 11.2. The quantitative estimate of drug-likeness (QED) is 0.231. The van der Waals surface area contributed by atoms with Crippen LogP contribution in [0, 0.1) is 5.92 Å². The molecule has 0 aromatic heterocycles. The SMILES string of the molecule is C.C=CC(=O)OCCCC(C)CCOc1ccc(C(=O)C=CC(=O)OC)cc1. The highest BCUT2D eigenvalue weighted by molar-refractivity contribution is 6.07. The predicted octanol–water partition coefficient (Wildman–Crippen LogP) is 4.15. The molecule has 0 aliphatic heterocycles. The van der Waals surface area contributed by atoms with Gasteiger partial charge in [0.25, 0.3) is 0 Å². The number of carbonyl (C=O) groups excluding carboxylic acids is 3. The molecule has 1 aromatic carbocycles. The number of methoxy groups -OCH3 is 1. The van der Waals surface area contributed by atoms with Crippen LogP contribution in [-0.4, -0.2) is 38.0 Å². The Labute approximate surface area is 167 Å². The Hall–Kier alpha value is -2.89. The van der Waals surface area contributed by atoms with Crippen LogP contribution in [0.3, 0.4) is 0 Å². The molecule has 0 N–H and O–H groups in total. The van der Waals surface area contributed by atoms with E-state index in [0.717, 1.165) is 31.4 Å². The van der Waals surface area contributed by atoms with Gasteiger partial charge in [0.2, 0.25) is 0 Å². The molecule has 1 rings (SSSR count). The minimum Gasteiger partial charge on any atom is -0.494 e. The van der Waals surface area contributed by atoms with Gasteiger partial charge in [-0.25, -0.2) is 9.59 Å². The van der Waals surface area contributed by atoms with Gasteiger partial charge < -0.3 is 14.2 Å². The summed E-state index contributed by atoms with van der Waals surface area (Å²) in [7, 11) is 1.25. The lowest BCUT2D eigenvalue weighted by Crippen LogP contribution is -2.07. The van der Waals surface area contributed by atoms with Gasteiger partial charge in [-0.3, -0.25) is 4.79 Å². The highest BCUT2D eigenvalue weighted by atomic mass is 16.5. The first-order valence-corrected chi connectivity index (χ1v) is 8.78. The van der Waals surface area contributed by atoms with Gasteiger partial charge in [-0.05, 0) is 55.5 Å². The van der Waals surface area contributed by atoms with E-state index in [9.17, 15) is 14.4 Å². The summed E-state index contributed by atoms with van der Waals surface area (Å²) >= 11 is 0. The fourth-order valence-corrected chi connectivity index (χ4v) is 2.21. The lowest BCUT2D eigenvalue weighted by Gasteiger charge is -2.12. The van der Waals surface area contributed by atoms with Gasteiger partial charge in [0.05, 0.1) is 20.3 Å². The number of rotatable bonds is 12. The highest BCUT2D eigenvalue weighted by Gasteiger charge is 2.06. The molecule has 0 radical (unpaired) electrons. The van der Waals surface area contributed by atoms with Crippen LogP contribution in [0.2, 0.25) is 0 Å². The largest absolute Gasteiger partial charge is 0.494 e. The number of hydrogen-bond acceptors (Lipinski definition) is 6. The van der Waals surface area contributed by atoms with Crippen molar-refractivity contribution in [2.45, 2.75) is 33.6 Å². The van der Waals surface area contributed by atoms with Gasteiger partial charge in [-0.2, -0.15) is 0 Å². The molecule has 1 unspecified atom stereocenters. The third-order valence-corrected chi connectivity index (χ3v) is 3.84. The highest BCUT2D eigenvalue weighted by Crippen LogP contribution is 2.16. The number of hydrogen-bond donors (Lipinski definition) is 0. The van der Waals surface area contributed by atoms with Crippen LogP contribution in [0.4, 0.5) is 0 Å². The van der Waals surface area contributed by atoms with Crippen molar-refractivity contribution in [3.63, 3.8) is 0 Å². The molecule has 0 spiro atoms. The van der Waals surface area contributed by atoms with Crippen molar-refractivity contribution in [2.75, 3.05) is 20.3 Å². The third kappa shape index (κ3) is 10.3. The summed E-state index contributed by atoms with van der Waals surface area (Å²) in [6.07, 6.45) is 6.04. The van der Waals surface area contributed by atoms with E-state index in [2.05, 4.69) is 18.2 Å². The molecule has 0 heterocycles. The molecular weight excluding hydrogens is 360 g/mol. The molecule has 0 amide bonds. The second kappa shape index (κ2) is 14.2. The van der Waals surface area contributed by atoms with Gasteiger partial charge in [0, 0.05) is 17.7 Å². The van der Waals surface area contributed by atoms with Crippen molar-refractivity contribution in [3.8, 4) is 5.75 Å². The molecule has 0 aliphatic rings. The maximum atomic E-state index is 11.9. The summed E-state index contributed by atoms with van der Waals surface area (Å²) < 4.78 is 15.1. The second-order valence-corrected chi connectivity index (χ2v) is 6.00.